The van der Waals surface area contributed by atoms with E-state index in [0.29, 0.717) is 18.1 Å². The number of carbonyl (C=O) groups is 1. The van der Waals surface area contributed by atoms with Gasteiger partial charge < -0.3 is 14.9 Å². The fraction of sp³-hybridized carbons (Fsp3) is 0.719. The number of rotatable bonds is 13. The van der Waals surface area contributed by atoms with E-state index in [1.807, 2.05) is 0 Å². The molecule has 4 nitrogen and oxygen atoms in total. The lowest BCUT2D eigenvalue weighted by molar-refractivity contribution is -0.139. The van der Waals surface area contributed by atoms with E-state index in [-0.39, 0.29) is 25.1 Å². The van der Waals surface area contributed by atoms with E-state index in [0.717, 1.165) is 43.4 Å². The lowest BCUT2D eigenvalue weighted by atomic mass is 9.67. The Morgan fingerprint density at radius 1 is 1.03 bits per heavy atom. The van der Waals surface area contributed by atoms with Crippen LogP contribution >= 0.6 is 0 Å². The highest BCUT2D eigenvalue weighted by molar-refractivity contribution is 5.86. The zero-order chi connectivity index (χ0) is 25.9. The highest BCUT2D eigenvalue weighted by atomic mass is 16.5. The molecule has 2 fully saturated rings. The largest absolute Gasteiger partial charge is 0.462 e. The second-order valence-corrected chi connectivity index (χ2v) is 11.6. The van der Waals surface area contributed by atoms with Crippen LogP contribution in [-0.2, 0) is 22.4 Å². The molecular formula is C32H50O4. The maximum absolute atomic E-state index is 11.5. The van der Waals surface area contributed by atoms with Crippen molar-refractivity contribution in [2.45, 2.75) is 103 Å². The van der Waals surface area contributed by atoms with Crippen molar-refractivity contribution in [2.24, 2.45) is 23.7 Å². The van der Waals surface area contributed by atoms with Crippen molar-refractivity contribution in [1.29, 1.82) is 0 Å². The molecule has 3 rings (SSSR count). The van der Waals surface area contributed by atoms with Crippen LogP contribution in [0, 0.1) is 23.7 Å². The van der Waals surface area contributed by atoms with Crippen LogP contribution in [-0.4, -0.2) is 36.0 Å². The molecule has 2 N–H and O–H groups in total. The van der Waals surface area contributed by atoms with Gasteiger partial charge in [0.15, 0.2) is 0 Å². The van der Waals surface area contributed by atoms with E-state index in [1.54, 1.807) is 12.5 Å². The van der Waals surface area contributed by atoms with Gasteiger partial charge in [-0.3, -0.25) is 0 Å². The number of hydrogen-bond donors (Lipinski definition) is 2. The standard InChI is InChI=1S/C32H50O4/c1-4-27-20-25(7-8-26(21-33)22-34)11-18-31(27)30-16-14-29(15-17-30)28-12-9-24(10-13-28)6-5-19-36-32(35)23(2)3/h11,18,20,24,26,28-30,33-34H,2,4-10,12-17,19,21-22H2,1,3H3. The summed E-state index contributed by atoms with van der Waals surface area (Å²) in [6, 6.07) is 7.05. The van der Waals surface area contributed by atoms with Gasteiger partial charge in [0.05, 0.1) is 6.61 Å². The van der Waals surface area contributed by atoms with Crippen LogP contribution in [0.2, 0.25) is 0 Å². The lowest BCUT2D eigenvalue weighted by Crippen LogP contribution is -2.25. The third-order valence-electron chi connectivity index (χ3n) is 9.05. The van der Waals surface area contributed by atoms with Crippen molar-refractivity contribution in [3.8, 4) is 0 Å². The predicted octanol–water partition coefficient (Wildman–Crippen LogP) is 6.76. The molecular weight excluding hydrogens is 448 g/mol. The number of carbonyl (C=O) groups excluding carboxylic acids is 1. The molecule has 2 saturated carbocycles. The van der Waals surface area contributed by atoms with Crippen molar-refractivity contribution in [3.05, 3.63) is 47.0 Å². The Hall–Kier alpha value is -1.65. The Kier molecular flexibility index (Phi) is 12.0. The van der Waals surface area contributed by atoms with Gasteiger partial charge in [0.2, 0.25) is 0 Å². The van der Waals surface area contributed by atoms with Crippen LogP contribution in [0.15, 0.2) is 30.4 Å². The average molecular weight is 499 g/mol. The fourth-order valence-electron chi connectivity index (χ4n) is 6.64. The fourth-order valence-corrected chi connectivity index (χ4v) is 6.64. The van der Waals surface area contributed by atoms with Gasteiger partial charge in [0.25, 0.3) is 0 Å². The van der Waals surface area contributed by atoms with Gasteiger partial charge in [-0.1, -0.05) is 44.5 Å². The predicted molar refractivity (Wildman–Crippen MR) is 147 cm³/mol. The second kappa shape index (κ2) is 14.9. The van der Waals surface area contributed by atoms with E-state index in [4.69, 9.17) is 4.74 Å². The molecule has 1 aromatic carbocycles. The summed E-state index contributed by atoms with van der Waals surface area (Å²) < 4.78 is 5.25. The monoisotopic (exact) mass is 498 g/mol. The Morgan fingerprint density at radius 3 is 2.25 bits per heavy atom. The molecule has 0 aromatic heterocycles. The Labute approximate surface area is 219 Å². The minimum absolute atomic E-state index is 0.00791. The van der Waals surface area contributed by atoms with Crippen LogP contribution in [0.1, 0.15) is 107 Å². The molecule has 0 bridgehead atoms. The molecule has 2 aliphatic rings. The molecule has 2 aliphatic carbocycles. The number of hydrogen-bond acceptors (Lipinski definition) is 4. The normalized spacial score (nSPS) is 24.6. The van der Waals surface area contributed by atoms with E-state index in [9.17, 15) is 15.0 Å². The van der Waals surface area contributed by atoms with Crippen LogP contribution in [0.4, 0.5) is 0 Å². The molecule has 0 saturated heterocycles. The summed E-state index contributed by atoms with van der Waals surface area (Å²) in [6.45, 7) is 8.26. The summed E-state index contributed by atoms with van der Waals surface area (Å²) in [5.74, 6) is 3.04. The van der Waals surface area contributed by atoms with Gasteiger partial charge in [0, 0.05) is 24.7 Å². The van der Waals surface area contributed by atoms with E-state index < -0.39 is 0 Å². The first-order valence-corrected chi connectivity index (χ1v) is 14.6. The SMILES string of the molecule is C=C(C)C(=O)OCCCC1CCC(C2CCC(c3ccc(CCC(CO)CO)cc3CC)CC2)CC1. The summed E-state index contributed by atoms with van der Waals surface area (Å²) in [5.41, 5.74) is 4.88. The van der Waals surface area contributed by atoms with Crippen molar-refractivity contribution >= 4 is 5.97 Å². The maximum Gasteiger partial charge on any atom is 0.333 e. The second-order valence-electron chi connectivity index (χ2n) is 11.6. The van der Waals surface area contributed by atoms with E-state index in [1.165, 1.54) is 68.9 Å². The van der Waals surface area contributed by atoms with Gasteiger partial charge in [0.1, 0.15) is 0 Å². The van der Waals surface area contributed by atoms with E-state index >= 15 is 0 Å². The highest BCUT2D eigenvalue weighted by Crippen LogP contribution is 2.45. The average Bonchev–Trinajstić information content (AvgIpc) is 2.91. The smallest absolute Gasteiger partial charge is 0.333 e. The molecule has 0 spiro atoms. The molecule has 0 heterocycles. The molecule has 36 heavy (non-hydrogen) atoms. The summed E-state index contributed by atoms with van der Waals surface area (Å²) in [6.07, 6.45) is 15.8. The van der Waals surface area contributed by atoms with Crippen molar-refractivity contribution in [2.75, 3.05) is 19.8 Å². The molecule has 0 atom stereocenters. The topological polar surface area (TPSA) is 66.8 Å². The first-order chi connectivity index (χ1) is 17.4. The van der Waals surface area contributed by atoms with Gasteiger partial charge >= 0.3 is 5.97 Å². The molecule has 0 radical (unpaired) electrons. The first-order valence-electron chi connectivity index (χ1n) is 14.6. The lowest BCUT2D eigenvalue weighted by Gasteiger charge is -2.38. The number of ether oxygens (including phenoxy) is 1. The van der Waals surface area contributed by atoms with Gasteiger partial charge in [-0.15, -0.1) is 0 Å². The van der Waals surface area contributed by atoms with Crippen LogP contribution < -0.4 is 0 Å². The zero-order valence-electron chi connectivity index (χ0n) is 22.9. The maximum atomic E-state index is 11.5. The Bertz CT molecular complexity index is 811. The van der Waals surface area contributed by atoms with Crippen molar-refractivity contribution < 1.29 is 19.7 Å². The molecule has 4 heteroatoms. The number of aliphatic hydroxyl groups excluding tert-OH is 2. The van der Waals surface area contributed by atoms with Crippen molar-refractivity contribution in [3.63, 3.8) is 0 Å². The summed E-state index contributed by atoms with van der Waals surface area (Å²) in [4.78, 5) is 11.5. The Morgan fingerprint density at radius 2 is 1.67 bits per heavy atom. The molecule has 1 aromatic rings. The summed E-state index contributed by atoms with van der Waals surface area (Å²) >= 11 is 0. The number of esters is 1. The minimum Gasteiger partial charge on any atom is -0.462 e. The zero-order valence-corrected chi connectivity index (χ0v) is 22.9. The summed E-state index contributed by atoms with van der Waals surface area (Å²) in [5, 5.41) is 18.7. The molecule has 0 unspecified atom stereocenters. The van der Waals surface area contributed by atoms with E-state index in [2.05, 4.69) is 31.7 Å². The van der Waals surface area contributed by atoms with Crippen LogP contribution in [0.5, 0.6) is 0 Å². The minimum atomic E-state index is -0.259. The summed E-state index contributed by atoms with van der Waals surface area (Å²) in [7, 11) is 0. The Balaban J connectivity index is 1.40. The van der Waals surface area contributed by atoms with Crippen LogP contribution in [0.3, 0.4) is 0 Å². The number of aliphatic hydroxyl groups is 2. The number of benzene rings is 1. The quantitative estimate of drug-likeness (QED) is 0.179. The molecule has 0 amide bonds. The first kappa shape index (κ1) is 28.9. The van der Waals surface area contributed by atoms with Gasteiger partial charge in [-0.2, -0.15) is 0 Å². The third-order valence-corrected chi connectivity index (χ3v) is 9.05. The third kappa shape index (κ3) is 8.45. The van der Waals surface area contributed by atoms with Crippen molar-refractivity contribution in [1.82, 2.24) is 0 Å². The molecule has 202 valence electrons. The number of aryl methyl sites for hydroxylation is 2. The highest BCUT2D eigenvalue weighted by Gasteiger charge is 2.31. The van der Waals surface area contributed by atoms with Gasteiger partial charge in [-0.25, -0.2) is 4.79 Å². The van der Waals surface area contributed by atoms with Gasteiger partial charge in [-0.05, 0) is 118 Å². The molecule has 0 aliphatic heterocycles. The van der Waals surface area contributed by atoms with Crippen LogP contribution in [0.25, 0.3) is 0 Å².